The number of para-hydroxylation sites is 1. The average molecular weight is 357 g/mol. The fourth-order valence-electron chi connectivity index (χ4n) is 2.52. The highest BCUT2D eigenvalue weighted by molar-refractivity contribution is 5.93. The molecule has 2 N–H and O–H groups in total. The van der Waals surface area contributed by atoms with Gasteiger partial charge >= 0.3 is 6.03 Å². The Balaban J connectivity index is 1.99. The number of likely N-dealkylation sites (N-methyl/N-ethyl adjacent to an activating group) is 1. The first kappa shape index (κ1) is 19.4. The molecule has 2 aromatic carbocycles. The number of hydrogen-bond donors (Lipinski definition) is 2. The van der Waals surface area contributed by atoms with Crippen molar-refractivity contribution < 1.29 is 14.0 Å². The Morgan fingerprint density at radius 3 is 2.23 bits per heavy atom. The van der Waals surface area contributed by atoms with Gasteiger partial charge in [0.1, 0.15) is 11.9 Å². The summed E-state index contributed by atoms with van der Waals surface area (Å²) in [5.41, 5.74) is 1.47. The van der Waals surface area contributed by atoms with Crippen molar-refractivity contribution in [3.05, 3.63) is 66.0 Å². The van der Waals surface area contributed by atoms with Crippen molar-refractivity contribution >= 4 is 17.6 Å². The molecule has 1 unspecified atom stereocenters. The van der Waals surface area contributed by atoms with Crippen LogP contribution in [-0.2, 0) is 11.3 Å². The number of nitrogens with one attached hydrogen (secondary N) is 2. The van der Waals surface area contributed by atoms with Crippen LogP contribution in [0.25, 0.3) is 0 Å². The van der Waals surface area contributed by atoms with Crippen LogP contribution in [0.1, 0.15) is 19.4 Å². The summed E-state index contributed by atoms with van der Waals surface area (Å²) in [6, 6.07) is 13.9. The zero-order valence-electron chi connectivity index (χ0n) is 15.2. The SMILES string of the molecule is CC(C)C(NC(=O)Nc1ccccc1)C(=O)N(C)Cc1ccc(F)cc1. The first-order valence-corrected chi connectivity index (χ1v) is 8.49. The number of carbonyl (C=O) groups is 2. The standard InChI is InChI=1S/C20H24FN3O2/c1-14(2)18(23-20(26)22-17-7-5-4-6-8-17)19(25)24(3)13-15-9-11-16(21)12-10-15/h4-12,14,18H,13H2,1-3H3,(H2,22,23,26). The van der Waals surface area contributed by atoms with Gasteiger partial charge in [-0.25, -0.2) is 9.18 Å². The van der Waals surface area contributed by atoms with Gasteiger partial charge in [0.2, 0.25) is 5.91 Å². The quantitative estimate of drug-likeness (QED) is 0.829. The van der Waals surface area contributed by atoms with Crippen molar-refractivity contribution in [1.29, 1.82) is 0 Å². The minimum Gasteiger partial charge on any atom is -0.340 e. The average Bonchev–Trinajstić information content (AvgIpc) is 2.61. The van der Waals surface area contributed by atoms with Gasteiger partial charge in [0.05, 0.1) is 0 Å². The monoisotopic (exact) mass is 357 g/mol. The lowest BCUT2D eigenvalue weighted by Crippen LogP contribution is -2.51. The van der Waals surface area contributed by atoms with Gasteiger partial charge in [-0.15, -0.1) is 0 Å². The molecule has 0 bridgehead atoms. The lowest BCUT2D eigenvalue weighted by molar-refractivity contribution is -0.133. The summed E-state index contributed by atoms with van der Waals surface area (Å²) in [5, 5.41) is 5.45. The Labute approximate surface area is 153 Å². The molecule has 0 heterocycles. The molecule has 0 saturated heterocycles. The maximum atomic E-state index is 13.0. The summed E-state index contributed by atoms with van der Waals surface area (Å²) in [7, 11) is 1.66. The molecule has 1 atom stereocenters. The van der Waals surface area contributed by atoms with E-state index in [0.717, 1.165) is 5.56 Å². The second-order valence-corrected chi connectivity index (χ2v) is 6.51. The summed E-state index contributed by atoms with van der Waals surface area (Å²) in [5.74, 6) is -0.603. The van der Waals surface area contributed by atoms with E-state index in [9.17, 15) is 14.0 Å². The van der Waals surface area contributed by atoms with Crippen molar-refractivity contribution in [2.24, 2.45) is 5.92 Å². The van der Waals surface area contributed by atoms with Crippen molar-refractivity contribution in [2.45, 2.75) is 26.4 Å². The van der Waals surface area contributed by atoms with E-state index in [4.69, 9.17) is 0 Å². The molecule has 6 heteroatoms. The number of anilines is 1. The van der Waals surface area contributed by atoms with Crippen LogP contribution < -0.4 is 10.6 Å². The molecule has 0 aliphatic rings. The molecular weight excluding hydrogens is 333 g/mol. The largest absolute Gasteiger partial charge is 0.340 e. The summed E-state index contributed by atoms with van der Waals surface area (Å²) in [4.78, 5) is 26.5. The first-order valence-electron chi connectivity index (χ1n) is 8.49. The van der Waals surface area contributed by atoms with Crippen LogP contribution in [0.3, 0.4) is 0 Å². The maximum Gasteiger partial charge on any atom is 0.319 e. The molecule has 0 spiro atoms. The number of halogens is 1. The van der Waals surface area contributed by atoms with Crippen molar-refractivity contribution in [2.75, 3.05) is 12.4 Å². The van der Waals surface area contributed by atoms with Gasteiger partial charge in [-0.2, -0.15) is 0 Å². The lowest BCUT2D eigenvalue weighted by atomic mass is 10.0. The van der Waals surface area contributed by atoms with Crippen molar-refractivity contribution in [3.8, 4) is 0 Å². The summed E-state index contributed by atoms with van der Waals surface area (Å²) < 4.78 is 13.0. The van der Waals surface area contributed by atoms with E-state index in [-0.39, 0.29) is 17.6 Å². The zero-order chi connectivity index (χ0) is 19.1. The second-order valence-electron chi connectivity index (χ2n) is 6.51. The predicted molar refractivity (Wildman–Crippen MR) is 100 cm³/mol. The number of benzene rings is 2. The topological polar surface area (TPSA) is 61.4 Å². The number of urea groups is 1. The van der Waals surface area contributed by atoms with Gasteiger partial charge in [0.15, 0.2) is 0 Å². The third kappa shape index (κ3) is 5.58. The van der Waals surface area contributed by atoms with Gasteiger partial charge in [0, 0.05) is 19.3 Å². The van der Waals surface area contributed by atoms with Crippen LogP contribution in [0.5, 0.6) is 0 Å². The van der Waals surface area contributed by atoms with E-state index in [2.05, 4.69) is 10.6 Å². The summed E-state index contributed by atoms with van der Waals surface area (Å²) >= 11 is 0. The van der Waals surface area contributed by atoms with Crippen LogP contribution in [0.4, 0.5) is 14.9 Å². The van der Waals surface area contributed by atoms with Crippen LogP contribution in [0, 0.1) is 11.7 Å². The van der Waals surface area contributed by atoms with Crippen LogP contribution >= 0.6 is 0 Å². The Bertz CT molecular complexity index is 732. The van der Waals surface area contributed by atoms with Gasteiger partial charge in [0.25, 0.3) is 0 Å². The zero-order valence-corrected chi connectivity index (χ0v) is 15.2. The molecule has 2 rings (SSSR count). The van der Waals surface area contributed by atoms with Crippen LogP contribution in [-0.4, -0.2) is 29.9 Å². The predicted octanol–water partition coefficient (Wildman–Crippen LogP) is 3.63. The number of amides is 3. The molecule has 0 radical (unpaired) electrons. The van der Waals surface area contributed by atoms with E-state index in [1.807, 2.05) is 32.0 Å². The Kier molecular flexibility index (Phi) is 6.72. The minimum atomic E-state index is -0.663. The summed E-state index contributed by atoms with van der Waals surface area (Å²) in [6.07, 6.45) is 0. The van der Waals surface area contributed by atoms with Crippen LogP contribution in [0.15, 0.2) is 54.6 Å². The first-order chi connectivity index (χ1) is 12.4. The van der Waals surface area contributed by atoms with E-state index >= 15 is 0 Å². The number of carbonyl (C=O) groups excluding carboxylic acids is 2. The maximum absolute atomic E-state index is 13.0. The fraction of sp³-hybridized carbons (Fsp3) is 0.300. The van der Waals surface area contributed by atoms with Gasteiger partial charge in [-0.3, -0.25) is 4.79 Å². The Morgan fingerprint density at radius 2 is 1.65 bits per heavy atom. The Morgan fingerprint density at radius 1 is 1.04 bits per heavy atom. The van der Waals surface area contributed by atoms with E-state index in [1.165, 1.54) is 17.0 Å². The molecule has 0 aromatic heterocycles. The van der Waals surface area contributed by atoms with E-state index in [1.54, 1.807) is 31.3 Å². The van der Waals surface area contributed by atoms with Gasteiger partial charge in [-0.05, 0) is 35.7 Å². The van der Waals surface area contributed by atoms with E-state index < -0.39 is 12.1 Å². The van der Waals surface area contributed by atoms with Crippen LogP contribution in [0.2, 0.25) is 0 Å². The molecule has 3 amide bonds. The highest BCUT2D eigenvalue weighted by Crippen LogP contribution is 2.11. The molecular formula is C20H24FN3O2. The minimum absolute atomic E-state index is 0.0836. The molecule has 0 aliphatic carbocycles. The number of hydrogen-bond acceptors (Lipinski definition) is 2. The molecule has 0 saturated carbocycles. The molecule has 138 valence electrons. The molecule has 26 heavy (non-hydrogen) atoms. The summed E-state index contributed by atoms with van der Waals surface area (Å²) in [6.45, 7) is 4.08. The highest BCUT2D eigenvalue weighted by Gasteiger charge is 2.27. The third-order valence-electron chi connectivity index (χ3n) is 3.96. The second kappa shape index (κ2) is 8.99. The Hall–Kier alpha value is -2.89. The highest BCUT2D eigenvalue weighted by atomic mass is 19.1. The normalized spacial score (nSPS) is 11.7. The van der Waals surface area contributed by atoms with Gasteiger partial charge < -0.3 is 15.5 Å². The van der Waals surface area contributed by atoms with Crippen molar-refractivity contribution in [3.63, 3.8) is 0 Å². The van der Waals surface area contributed by atoms with Gasteiger partial charge in [-0.1, -0.05) is 44.2 Å². The van der Waals surface area contributed by atoms with Crippen molar-refractivity contribution in [1.82, 2.24) is 10.2 Å². The lowest BCUT2D eigenvalue weighted by Gasteiger charge is -2.27. The molecule has 0 fully saturated rings. The third-order valence-corrected chi connectivity index (χ3v) is 3.96. The molecule has 0 aliphatic heterocycles. The van der Waals surface area contributed by atoms with E-state index in [0.29, 0.717) is 12.2 Å². The number of nitrogens with zero attached hydrogens (tertiary/aromatic N) is 1. The molecule has 5 nitrogen and oxygen atoms in total. The fourth-order valence-corrected chi connectivity index (χ4v) is 2.52. The number of rotatable bonds is 6. The molecule has 2 aromatic rings. The smallest absolute Gasteiger partial charge is 0.319 e.